The fourth-order valence-corrected chi connectivity index (χ4v) is 8.76. The fraction of sp³-hybridized carbons (Fsp3) is 0.700. The molecule has 4 unspecified atom stereocenters. The number of piperidine rings is 2. The third kappa shape index (κ3) is 4.19. The number of aromatic nitrogens is 2. The smallest absolute Gasteiger partial charge is 0.298 e. The van der Waals surface area contributed by atoms with Gasteiger partial charge in [-0.1, -0.05) is 31.9 Å². The van der Waals surface area contributed by atoms with Crippen LogP contribution in [0.2, 0.25) is 0 Å². The third-order valence-electron chi connectivity index (χ3n) is 10.0. The normalized spacial score (nSPS) is 34.6. The van der Waals surface area contributed by atoms with Crippen LogP contribution in [-0.4, -0.2) is 37.9 Å². The maximum Gasteiger partial charge on any atom is 0.332 e. The van der Waals surface area contributed by atoms with E-state index in [2.05, 4.69) is 11.8 Å². The summed E-state index contributed by atoms with van der Waals surface area (Å²) < 4.78 is 3.04. The van der Waals surface area contributed by atoms with Crippen LogP contribution in [0.25, 0.3) is 10.9 Å². The van der Waals surface area contributed by atoms with Crippen LogP contribution < -0.4 is 11.2 Å². The van der Waals surface area contributed by atoms with E-state index < -0.39 is 0 Å². The first-order chi connectivity index (χ1) is 17.4. The van der Waals surface area contributed by atoms with Crippen molar-refractivity contribution in [1.82, 2.24) is 14.0 Å². The number of fused-ring (bicyclic) bond motifs is 5. The molecule has 0 N–H and O–H groups in total. The van der Waals surface area contributed by atoms with E-state index in [-0.39, 0.29) is 29.6 Å². The van der Waals surface area contributed by atoms with E-state index in [9.17, 15) is 14.4 Å². The SMILES string of the molecule is CCC1CC2CC(C1)CC(N1C3CCCC1CC(n1c(=O)c4ccccc4n(CC(C)=O)c1=O)C3)C2. The van der Waals surface area contributed by atoms with Gasteiger partial charge in [-0.25, -0.2) is 4.79 Å². The molecule has 194 valence electrons. The molecule has 2 aliphatic heterocycles. The predicted octanol–water partition coefficient (Wildman–Crippen LogP) is 4.92. The molecule has 6 rings (SSSR count). The average molecular weight is 492 g/mol. The predicted molar refractivity (Wildman–Crippen MR) is 142 cm³/mol. The van der Waals surface area contributed by atoms with Crippen LogP contribution in [0.4, 0.5) is 0 Å². The summed E-state index contributed by atoms with van der Waals surface area (Å²) in [5.74, 6) is 2.62. The van der Waals surface area contributed by atoms with E-state index in [1.165, 1.54) is 73.8 Å². The molecule has 4 atom stereocenters. The summed E-state index contributed by atoms with van der Waals surface area (Å²) in [5, 5.41) is 0.538. The molecule has 4 aliphatic rings. The van der Waals surface area contributed by atoms with Crippen molar-refractivity contribution in [2.75, 3.05) is 0 Å². The van der Waals surface area contributed by atoms with Gasteiger partial charge >= 0.3 is 5.69 Å². The molecule has 2 aromatic rings. The summed E-state index contributed by atoms with van der Waals surface area (Å²) in [6.07, 6.45) is 13.6. The van der Waals surface area contributed by atoms with Crippen LogP contribution in [0.3, 0.4) is 0 Å². The summed E-state index contributed by atoms with van der Waals surface area (Å²) in [6, 6.07) is 8.73. The molecule has 6 heteroatoms. The van der Waals surface area contributed by atoms with Crippen molar-refractivity contribution in [2.45, 2.75) is 115 Å². The van der Waals surface area contributed by atoms with Gasteiger partial charge in [-0.05, 0) is 94.6 Å². The van der Waals surface area contributed by atoms with E-state index in [4.69, 9.17) is 0 Å². The second-order valence-electron chi connectivity index (χ2n) is 12.4. The molecule has 1 aromatic heterocycles. The average Bonchev–Trinajstić information content (AvgIpc) is 2.85. The van der Waals surface area contributed by atoms with Gasteiger partial charge < -0.3 is 0 Å². The number of rotatable bonds is 5. The maximum absolute atomic E-state index is 13.7. The largest absolute Gasteiger partial charge is 0.332 e. The van der Waals surface area contributed by atoms with E-state index >= 15 is 0 Å². The second-order valence-corrected chi connectivity index (χ2v) is 12.4. The molecule has 2 aliphatic carbocycles. The lowest BCUT2D eigenvalue weighted by atomic mass is 9.64. The topological polar surface area (TPSA) is 64.3 Å². The van der Waals surface area contributed by atoms with Crippen molar-refractivity contribution in [3.63, 3.8) is 0 Å². The van der Waals surface area contributed by atoms with Crippen molar-refractivity contribution in [1.29, 1.82) is 0 Å². The van der Waals surface area contributed by atoms with E-state index in [1.807, 2.05) is 12.1 Å². The van der Waals surface area contributed by atoms with Gasteiger partial charge in [0.15, 0.2) is 0 Å². The summed E-state index contributed by atoms with van der Waals surface area (Å²) >= 11 is 0. The highest BCUT2D eigenvalue weighted by atomic mass is 16.2. The summed E-state index contributed by atoms with van der Waals surface area (Å²) in [4.78, 5) is 42.2. The van der Waals surface area contributed by atoms with Crippen molar-refractivity contribution in [2.24, 2.45) is 17.8 Å². The molecule has 3 heterocycles. The Balaban J connectivity index is 1.31. The Morgan fingerprint density at radius 1 is 0.861 bits per heavy atom. The van der Waals surface area contributed by atoms with Gasteiger partial charge in [0.05, 0.1) is 17.4 Å². The van der Waals surface area contributed by atoms with Crippen LogP contribution >= 0.6 is 0 Å². The molecule has 36 heavy (non-hydrogen) atoms. The van der Waals surface area contributed by atoms with E-state index in [1.54, 1.807) is 12.1 Å². The minimum atomic E-state index is -0.316. The molecule has 1 aromatic carbocycles. The lowest BCUT2D eigenvalue weighted by Crippen LogP contribution is -2.59. The first-order valence-corrected chi connectivity index (χ1v) is 14.4. The Bertz CT molecular complexity index is 1230. The molecule has 0 spiro atoms. The third-order valence-corrected chi connectivity index (χ3v) is 10.0. The van der Waals surface area contributed by atoms with Gasteiger partial charge in [0.2, 0.25) is 0 Å². The van der Waals surface area contributed by atoms with E-state index in [0.29, 0.717) is 29.0 Å². The summed E-state index contributed by atoms with van der Waals surface area (Å²) in [6.45, 7) is 3.87. The van der Waals surface area contributed by atoms with Crippen LogP contribution in [0.15, 0.2) is 33.9 Å². The molecular formula is C30H41N3O3. The number of ketones is 1. The van der Waals surface area contributed by atoms with Crippen LogP contribution in [0.5, 0.6) is 0 Å². The Labute approximate surface area is 213 Å². The number of carbonyl (C=O) groups is 1. The molecule has 4 fully saturated rings. The van der Waals surface area contributed by atoms with Gasteiger partial charge in [0.1, 0.15) is 5.78 Å². The first-order valence-electron chi connectivity index (χ1n) is 14.4. The Hall–Kier alpha value is -2.21. The lowest BCUT2D eigenvalue weighted by Gasteiger charge is -2.55. The minimum Gasteiger partial charge on any atom is -0.298 e. The first kappa shape index (κ1) is 24.1. The zero-order valence-electron chi connectivity index (χ0n) is 21.9. The van der Waals surface area contributed by atoms with Crippen molar-refractivity contribution >= 4 is 16.7 Å². The highest BCUT2D eigenvalue weighted by Crippen LogP contribution is 2.48. The lowest BCUT2D eigenvalue weighted by molar-refractivity contribution is -0.117. The zero-order chi connectivity index (χ0) is 25.0. The zero-order valence-corrected chi connectivity index (χ0v) is 21.9. The highest BCUT2D eigenvalue weighted by Gasteiger charge is 2.46. The summed E-state index contributed by atoms with van der Waals surface area (Å²) in [5.41, 5.74) is 0.0590. The van der Waals surface area contributed by atoms with Crippen LogP contribution in [0, 0.1) is 17.8 Å². The quantitative estimate of drug-likeness (QED) is 0.596. The number of para-hydroxylation sites is 1. The maximum atomic E-state index is 13.7. The molecule has 2 saturated heterocycles. The second kappa shape index (κ2) is 9.59. The molecule has 6 nitrogen and oxygen atoms in total. The Kier molecular flexibility index (Phi) is 6.43. The standard InChI is InChI=1S/C30H41N3O3/c1-3-20-11-21-13-22(12-20)15-25(14-21)32-23-7-6-8-24(32)17-26(16-23)33-29(35)27-9-4-5-10-28(27)31(30(33)36)18-19(2)34/h4-5,9-10,20-26H,3,6-8,11-18H2,1-2H3. The number of Topliss-reactive ketones (excluding diaryl/α,β-unsaturated/α-hetero) is 1. The number of hydrogen-bond donors (Lipinski definition) is 0. The van der Waals surface area contributed by atoms with Gasteiger partial charge in [-0.2, -0.15) is 0 Å². The number of benzene rings is 1. The van der Waals surface area contributed by atoms with E-state index in [0.717, 1.165) is 30.6 Å². The van der Waals surface area contributed by atoms with Gasteiger partial charge in [-0.15, -0.1) is 0 Å². The molecule has 0 radical (unpaired) electrons. The van der Waals surface area contributed by atoms with Gasteiger partial charge in [0, 0.05) is 24.2 Å². The number of nitrogens with zero attached hydrogens (tertiary/aromatic N) is 3. The van der Waals surface area contributed by atoms with Gasteiger partial charge in [-0.3, -0.25) is 23.6 Å². The molecule has 0 amide bonds. The van der Waals surface area contributed by atoms with Gasteiger partial charge in [0.25, 0.3) is 5.56 Å². The Morgan fingerprint density at radius 3 is 2.17 bits per heavy atom. The highest BCUT2D eigenvalue weighted by molar-refractivity contribution is 5.81. The summed E-state index contributed by atoms with van der Waals surface area (Å²) in [7, 11) is 0. The van der Waals surface area contributed by atoms with Crippen LogP contribution in [-0.2, 0) is 11.3 Å². The number of hydrogen-bond acceptors (Lipinski definition) is 4. The number of carbonyl (C=O) groups excluding carboxylic acids is 1. The molecular weight excluding hydrogens is 450 g/mol. The van der Waals surface area contributed by atoms with Crippen molar-refractivity contribution in [3.8, 4) is 0 Å². The Morgan fingerprint density at radius 2 is 1.53 bits per heavy atom. The van der Waals surface area contributed by atoms with Crippen molar-refractivity contribution in [3.05, 3.63) is 45.1 Å². The fourth-order valence-electron chi connectivity index (χ4n) is 8.76. The molecule has 2 saturated carbocycles. The molecule has 4 bridgehead atoms. The van der Waals surface area contributed by atoms with Crippen LogP contribution in [0.1, 0.15) is 90.5 Å². The van der Waals surface area contributed by atoms with Crippen molar-refractivity contribution < 1.29 is 4.79 Å². The monoisotopic (exact) mass is 491 g/mol. The minimum absolute atomic E-state index is 0.00886.